The molecule has 3 rings (SSSR count). The lowest BCUT2D eigenvalue weighted by atomic mass is 10.1. The van der Waals surface area contributed by atoms with E-state index in [9.17, 15) is 39.6 Å². The Morgan fingerprint density at radius 2 is 1.61 bits per heavy atom. The first-order valence-electron chi connectivity index (χ1n) is 7.13. The predicted molar refractivity (Wildman–Crippen MR) is 81.6 cm³/mol. The number of rotatable bonds is 3. The third kappa shape index (κ3) is 3.54. The molecule has 3 aromatic rings. The van der Waals surface area contributed by atoms with Crippen LogP contribution in [0.2, 0.25) is 0 Å². The van der Waals surface area contributed by atoms with Gasteiger partial charge in [-0.3, -0.25) is 0 Å². The number of halogens is 6. The van der Waals surface area contributed by atoms with Crippen molar-refractivity contribution in [1.82, 2.24) is 0 Å². The second-order valence-electron chi connectivity index (χ2n) is 5.35. The lowest BCUT2D eigenvalue weighted by molar-refractivity contribution is -0.136. The van der Waals surface area contributed by atoms with Gasteiger partial charge in [0.05, 0.1) is 5.56 Å². The molecule has 1 heterocycles. The largest absolute Gasteiger partial charge is 0.423 e. The van der Waals surface area contributed by atoms with Crippen molar-refractivity contribution >= 4 is 21.1 Å². The van der Waals surface area contributed by atoms with Crippen LogP contribution in [0.5, 0.6) is 5.75 Å². The molecule has 0 saturated heterocycles. The molecule has 0 fully saturated rings. The average molecular weight is 424 g/mol. The topological polar surface area (TPSA) is 73.6 Å². The summed E-state index contributed by atoms with van der Waals surface area (Å²) in [7, 11) is -5.02. The van der Waals surface area contributed by atoms with Gasteiger partial charge >= 0.3 is 21.9 Å². The number of benzene rings is 2. The lowest BCUT2D eigenvalue weighted by Crippen LogP contribution is -2.14. The molecule has 0 aliphatic carbocycles. The number of hydrogen-bond acceptors (Lipinski definition) is 5. The highest BCUT2D eigenvalue weighted by Gasteiger charge is 2.34. The van der Waals surface area contributed by atoms with E-state index < -0.39 is 66.5 Å². The Hall–Kier alpha value is -3.02. The molecule has 5 nitrogen and oxygen atoms in total. The fourth-order valence-corrected chi connectivity index (χ4v) is 3.29. The van der Waals surface area contributed by atoms with Crippen LogP contribution < -0.4 is 9.81 Å². The zero-order chi connectivity index (χ0) is 20.9. The molecule has 0 saturated carbocycles. The molecule has 12 heteroatoms. The lowest BCUT2D eigenvalue weighted by Gasteiger charge is -2.11. The van der Waals surface area contributed by atoms with E-state index in [1.54, 1.807) is 0 Å². The van der Waals surface area contributed by atoms with Crippen LogP contribution in [0.25, 0.3) is 11.0 Å². The van der Waals surface area contributed by atoms with E-state index >= 15 is 0 Å². The molecule has 28 heavy (non-hydrogen) atoms. The van der Waals surface area contributed by atoms with Crippen molar-refractivity contribution in [2.24, 2.45) is 0 Å². The molecule has 148 valence electrons. The summed E-state index contributed by atoms with van der Waals surface area (Å²) in [5.74, 6) is -6.38. The fourth-order valence-electron chi connectivity index (χ4n) is 2.30. The van der Waals surface area contributed by atoms with Crippen molar-refractivity contribution in [3.8, 4) is 5.75 Å². The van der Waals surface area contributed by atoms with Crippen molar-refractivity contribution in [2.45, 2.75) is 11.1 Å². The van der Waals surface area contributed by atoms with E-state index in [1.807, 2.05) is 0 Å². The molecular weight excluding hydrogens is 418 g/mol. The average Bonchev–Trinajstić information content (AvgIpc) is 2.57. The van der Waals surface area contributed by atoms with Crippen molar-refractivity contribution < 1.29 is 43.4 Å². The Morgan fingerprint density at radius 3 is 2.25 bits per heavy atom. The molecule has 2 aromatic carbocycles. The van der Waals surface area contributed by atoms with Crippen LogP contribution in [0, 0.1) is 17.5 Å². The summed E-state index contributed by atoms with van der Waals surface area (Å²) in [6, 6.07) is 3.19. The van der Waals surface area contributed by atoms with Gasteiger partial charge in [0.15, 0.2) is 17.5 Å². The van der Waals surface area contributed by atoms with Gasteiger partial charge in [0.25, 0.3) is 0 Å². The zero-order valence-corrected chi connectivity index (χ0v) is 14.0. The smallest absolute Gasteiger partial charge is 0.417 e. The number of hydrogen-bond donors (Lipinski definition) is 0. The van der Waals surface area contributed by atoms with Gasteiger partial charge in [0, 0.05) is 17.5 Å². The zero-order valence-electron chi connectivity index (χ0n) is 13.2. The van der Waals surface area contributed by atoms with Crippen molar-refractivity contribution in [3.05, 3.63) is 69.8 Å². The fraction of sp³-hybridized carbons (Fsp3) is 0.0625. The summed E-state index contributed by atoms with van der Waals surface area (Å²) in [5, 5.41) is -0.559. The van der Waals surface area contributed by atoms with Crippen molar-refractivity contribution in [2.75, 3.05) is 0 Å². The van der Waals surface area contributed by atoms with Gasteiger partial charge in [-0.05, 0) is 24.3 Å². The van der Waals surface area contributed by atoms with E-state index in [2.05, 4.69) is 8.60 Å². The minimum atomic E-state index is -5.02. The Kier molecular flexibility index (Phi) is 4.61. The van der Waals surface area contributed by atoms with Crippen molar-refractivity contribution in [1.29, 1.82) is 0 Å². The minimum Gasteiger partial charge on any atom is -0.423 e. The van der Waals surface area contributed by atoms with E-state index in [0.29, 0.717) is 18.2 Å². The van der Waals surface area contributed by atoms with Crippen LogP contribution in [-0.4, -0.2) is 8.42 Å². The monoisotopic (exact) mass is 424 g/mol. The first kappa shape index (κ1) is 19.7. The van der Waals surface area contributed by atoms with Crippen molar-refractivity contribution in [3.63, 3.8) is 0 Å². The normalized spacial score (nSPS) is 12.4. The van der Waals surface area contributed by atoms with E-state index in [0.717, 1.165) is 12.1 Å². The van der Waals surface area contributed by atoms with E-state index in [1.165, 1.54) is 0 Å². The van der Waals surface area contributed by atoms with Crippen LogP contribution in [0.1, 0.15) is 5.56 Å². The quantitative estimate of drug-likeness (QED) is 0.275. The van der Waals surface area contributed by atoms with Gasteiger partial charge in [0.1, 0.15) is 16.2 Å². The first-order chi connectivity index (χ1) is 12.9. The second kappa shape index (κ2) is 6.55. The Balaban J connectivity index is 2.08. The second-order valence-corrected chi connectivity index (χ2v) is 6.86. The molecule has 1 aromatic heterocycles. The van der Waals surface area contributed by atoms with Crippen LogP contribution in [0.15, 0.2) is 50.5 Å². The molecule has 0 aliphatic heterocycles. The molecule has 0 bridgehead atoms. The maximum absolute atomic E-state index is 13.7. The highest BCUT2D eigenvalue weighted by molar-refractivity contribution is 7.87. The minimum absolute atomic E-state index is 0.219. The standard InChI is InChI=1S/C16H6F6O5S/c17-10-3-4-12(15(19)14(10)18)28(24,25)27-7-1-2-8-9(16(20,21)22)6-13(23)26-11(8)5-7/h1-6H. The summed E-state index contributed by atoms with van der Waals surface area (Å²) in [6.07, 6.45) is -4.89. The van der Waals surface area contributed by atoms with Crippen LogP contribution >= 0.6 is 0 Å². The van der Waals surface area contributed by atoms with E-state index in [4.69, 9.17) is 0 Å². The number of alkyl halides is 3. The molecule has 0 spiro atoms. The highest BCUT2D eigenvalue weighted by Crippen LogP contribution is 2.35. The molecule has 0 unspecified atom stereocenters. The molecule has 0 atom stereocenters. The molecule has 0 amide bonds. The summed E-state index contributed by atoms with van der Waals surface area (Å²) in [5.41, 5.74) is -3.33. The van der Waals surface area contributed by atoms with E-state index in [-0.39, 0.29) is 6.07 Å². The van der Waals surface area contributed by atoms with Gasteiger partial charge < -0.3 is 8.60 Å². The first-order valence-corrected chi connectivity index (χ1v) is 8.54. The Morgan fingerprint density at radius 1 is 0.929 bits per heavy atom. The van der Waals surface area contributed by atoms with Gasteiger partial charge in [-0.2, -0.15) is 21.6 Å². The summed E-state index contributed by atoms with van der Waals surface area (Å²) >= 11 is 0. The Labute approximate surface area is 151 Å². The molecule has 0 radical (unpaired) electrons. The van der Waals surface area contributed by atoms with Crippen LogP contribution in [0.4, 0.5) is 26.3 Å². The third-order valence-electron chi connectivity index (χ3n) is 3.50. The summed E-state index contributed by atoms with van der Waals surface area (Å²) in [4.78, 5) is 9.99. The summed E-state index contributed by atoms with van der Waals surface area (Å²) in [6.45, 7) is 0. The van der Waals surface area contributed by atoms with Gasteiger partial charge in [-0.15, -0.1) is 0 Å². The van der Waals surface area contributed by atoms with Gasteiger partial charge in [0.2, 0.25) is 0 Å². The third-order valence-corrected chi connectivity index (χ3v) is 4.76. The molecule has 0 N–H and O–H groups in total. The maximum Gasteiger partial charge on any atom is 0.417 e. The van der Waals surface area contributed by atoms with Crippen LogP contribution in [0.3, 0.4) is 0 Å². The van der Waals surface area contributed by atoms with Crippen LogP contribution in [-0.2, 0) is 16.3 Å². The maximum atomic E-state index is 13.7. The van der Waals surface area contributed by atoms with Gasteiger partial charge in [-0.25, -0.2) is 18.0 Å². The molecular formula is C16H6F6O5S. The highest BCUT2D eigenvalue weighted by atomic mass is 32.2. The molecule has 0 aliphatic rings. The number of fused-ring (bicyclic) bond motifs is 1. The summed E-state index contributed by atoms with van der Waals surface area (Å²) < 4.78 is 112. The Bertz CT molecular complexity index is 1250. The SMILES string of the molecule is O=c1cc(C(F)(F)F)c2ccc(OS(=O)(=O)c3ccc(F)c(F)c3F)cc2o1. The van der Waals surface area contributed by atoms with Gasteiger partial charge in [-0.1, -0.05) is 0 Å². The predicted octanol–water partition coefficient (Wildman–Crippen LogP) is 4.00.